The molecule has 1 aromatic heterocycles. The molecule has 7 nitrogen and oxygen atoms in total. The number of carbonyl (C=O) groups excluding carboxylic acids is 3. The number of anilines is 1. The van der Waals surface area contributed by atoms with Gasteiger partial charge in [-0.25, -0.2) is 9.59 Å². The number of ketones is 1. The number of nitrogen functional groups attached to an aromatic ring is 1. The summed E-state index contributed by atoms with van der Waals surface area (Å²) in [6.45, 7) is 3.61. The Morgan fingerprint density at radius 2 is 1.95 bits per heavy atom. The highest BCUT2D eigenvalue weighted by Gasteiger charge is 2.43. The summed E-state index contributed by atoms with van der Waals surface area (Å²) in [5.41, 5.74) is 5.87. The smallest absolute Gasteiger partial charge is 0.380 e. The van der Waals surface area contributed by atoms with Crippen LogP contribution in [0.4, 0.5) is 5.69 Å². The molecule has 1 atom stereocenters. The minimum atomic E-state index is -0.935. The van der Waals surface area contributed by atoms with Gasteiger partial charge in [0.25, 0.3) is 17.5 Å². The van der Waals surface area contributed by atoms with Crippen molar-refractivity contribution in [3.8, 4) is 0 Å². The normalized spacial score (nSPS) is 16.5. The van der Waals surface area contributed by atoms with Crippen LogP contribution in [0.2, 0.25) is 0 Å². The van der Waals surface area contributed by atoms with Gasteiger partial charge in [0.2, 0.25) is 0 Å². The van der Waals surface area contributed by atoms with Crippen molar-refractivity contribution in [2.24, 2.45) is 0 Å². The van der Waals surface area contributed by atoms with Gasteiger partial charge in [-0.3, -0.25) is 4.79 Å². The molecular weight excluding hydrogens is 288 g/mol. The Labute approximate surface area is 127 Å². The van der Waals surface area contributed by atoms with Crippen molar-refractivity contribution >= 4 is 23.4 Å². The third-order valence-corrected chi connectivity index (χ3v) is 3.16. The fourth-order valence-corrected chi connectivity index (χ4v) is 2.24. The van der Waals surface area contributed by atoms with Gasteiger partial charge in [0.05, 0.1) is 13.2 Å². The van der Waals surface area contributed by atoms with Crippen molar-refractivity contribution in [3.63, 3.8) is 0 Å². The molecule has 2 heterocycles. The van der Waals surface area contributed by atoms with Gasteiger partial charge in [-0.1, -0.05) is 0 Å². The summed E-state index contributed by atoms with van der Waals surface area (Å²) >= 11 is 0. The molecule has 0 amide bonds. The van der Waals surface area contributed by atoms with Gasteiger partial charge < -0.3 is 15.2 Å². The van der Waals surface area contributed by atoms with E-state index in [0.717, 1.165) is 0 Å². The lowest BCUT2D eigenvalue weighted by atomic mass is 9.98. The second-order valence-electron chi connectivity index (χ2n) is 4.55. The van der Waals surface area contributed by atoms with E-state index < -0.39 is 23.8 Å². The molecule has 0 aromatic carbocycles. The number of rotatable bonds is 4. The monoisotopic (exact) mass is 305 g/mol. The van der Waals surface area contributed by atoms with Crippen LogP contribution < -0.4 is 10.3 Å². The minimum absolute atomic E-state index is 0.0751. The number of esters is 2. The summed E-state index contributed by atoms with van der Waals surface area (Å²) in [4.78, 5) is 36.5. The number of carbonyl (C=O) groups is 3. The third-order valence-electron chi connectivity index (χ3n) is 3.16. The zero-order valence-corrected chi connectivity index (χ0v) is 12.4. The van der Waals surface area contributed by atoms with Crippen molar-refractivity contribution in [2.75, 3.05) is 18.9 Å². The molecule has 22 heavy (non-hydrogen) atoms. The average molecular weight is 305 g/mol. The SMILES string of the molecule is CCOC(=O)C1=CC(C(=O)OCC)[n+]2cccc(N)c2C1=O. The van der Waals surface area contributed by atoms with Crippen molar-refractivity contribution in [3.05, 3.63) is 35.7 Å². The summed E-state index contributed by atoms with van der Waals surface area (Å²) in [5, 5.41) is 0. The summed E-state index contributed by atoms with van der Waals surface area (Å²) in [6, 6.07) is 2.21. The molecule has 1 aliphatic heterocycles. The molecule has 2 rings (SSSR count). The van der Waals surface area contributed by atoms with Crippen molar-refractivity contribution < 1.29 is 28.4 Å². The van der Waals surface area contributed by atoms with Crippen LogP contribution >= 0.6 is 0 Å². The molecule has 0 bridgehead atoms. The molecule has 0 fully saturated rings. The lowest BCUT2D eigenvalue weighted by Crippen LogP contribution is -2.52. The first-order chi connectivity index (χ1) is 10.5. The number of aromatic nitrogens is 1. The topological polar surface area (TPSA) is 99.6 Å². The van der Waals surface area contributed by atoms with Crippen LogP contribution in [-0.2, 0) is 19.1 Å². The first-order valence-corrected chi connectivity index (χ1v) is 6.91. The second kappa shape index (κ2) is 6.38. The third kappa shape index (κ3) is 2.69. The summed E-state index contributed by atoms with van der Waals surface area (Å²) in [7, 11) is 0. The molecule has 2 N–H and O–H groups in total. The second-order valence-corrected chi connectivity index (χ2v) is 4.55. The van der Waals surface area contributed by atoms with Gasteiger partial charge in [-0.15, -0.1) is 0 Å². The van der Waals surface area contributed by atoms with Crippen LogP contribution in [0, 0.1) is 0 Å². The van der Waals surface area contributed by atoms with E-state index in [1.807, 2.05) is 0 Å². The molecule has 0 saturated heterocycles. The Hall–Kier alpha value is -2.70. The van der Waals surface area contributed by atoms with Crippen molar-refractivity contribution in [2.45, 2.75) is 19.9 Å². The Morgan fingerprint density at radius 3 is 2.59 bits per heavy atom. The van der Waals surface area contributed by atoms with E-state index in [4.69, 9.17) is 15.2 Å². The number of pyridine rings is 1. The maximum atomic E-state index is 12.5. The van der Waals surface area contributed by atoms with Gasteiger partial charge in [-0.2, -0.15) is 4.57 Å². The van der Waals surface area contributed by atoms with E-state index >= 15 is 0 Å². The first kappa shape index (κ1) is 15.7. The molecule has 0 spiro atoms. The molecule has 1 unspecified atom stereocenters. The molecule has 1 aliphatic rings. The quantitative estimate of drug-likeness (QED) is 0.489. The minimum Gasteiger partial charge on any atom is -0.462 e. The van der Waals surface area contributed by atoms with Crippen LogP contribution in [0.1, 0.15) is 30.4 Å². The fourth-order valence-electron chi connectivity index (χ4n) is 2.24. The number of Topliss-reactive ketones (excluding diaryl/α,β-unsaturated/α-hetero) is 1. The zero-order valence-electron chi connectivity index (χ0n) is 12.4. The number of hydrogen-bond donors (Lipinski definition) is 1. The van der Waals surface area contributed by atoms with E-state index in [9.17, 15) is 14.4 Å². The lowest BCUT2D eigenvalue weighted by Gasteiger charge is -2.17. The lowest BCUT2D eigenvalue weighted by molar-refractivity contribution is -0.702. The highest BCUT2D eigenvalue weighted by atomic mass is 16.5. The van der Waals surface area contributed by atoms with E-state index in [1.54, 1.807) is 26.1 Å². The van der Waals surface area contributed by atoms with Gasteiger partial charge in [0.1, 0.15) is 11.3 Å². The highest BCUT2D eigenvalue weighted by molar-refractivity contribution is 6.25. The van der Waals surface area contributed by atoms with E-state index in [2.05, 4.69) is 0 Å². The number of ether oxygens (including phenoxy) is 2. The van der Waals surface area contributed by atoms with E-state index in [-0.39, 0.29) is 30.2 Å². The number of nitrogens with two attached hydrogens (primary N) is 1. The molecule has 0 aliphatic carbocycles. The zero-order chi connectivity index (χ0) is 16.3. The van der Waals surface area contributed by atoms with E-state index in [1.165, 1.54) is 16.7 Å². The van der Waals surface area contributed by atoms with Gasteiger partial charge in [0.15, 0.2) is 6.20 Å². The van der Waals surface area contributed by atoms with Crippen molar-refractivity contribution in [1.29, 1.82) is 0 Å². The Balaban J connectivity index is 2.55. The number of fused-ring (bicyclic) bond motifs is 1. The van der Waals surface area contributed by atoms with Crippen molar-refractivity contribution in [1.82, 2.24) is 0 Å². The van der Waals surface area contributed by atoms with Gasteiger partial charge in [0, 0.05) is 12.1 Å². The van der Waals surface area contributed by atoms with Crippen LogP contribution in [0.25, 0.3) is 0 Å². The summed E-state index contributed by atoms with van der Waals surface area (Å²) < 4.78 is 11.3. The highest BCUT2D eigenvalue weighted by Crippen LogP contribution is 2.22. The number of hydrogen-bond acceptors (Lipinski definition) is 6. The van der Waals surface area contributed by atoms with Crippen LogP contribution in [0.15, 0.2) is 30.0 Å². The maximum absolute atomic E-state index is 12.5. The standard InChI is InChI=1S/C15H16N2O5/c1-3-21-14(19)9-8-11(15(20)22-4-2)17-7-5-6-10(16)12(17)13(9)18/h5-8,11H,3-4H2,1-2H3,(H-,16,18)/p+1. The average Bonchev–Trinajstić information content (AvgIpc) is 2.48. The van der Waals surface area contributed by atoms with Crippen LogP contribution in [0.3, 0.4) is 0 Å². The fraction of sp³-hybridized carbons (Fsp3) is 0.333. The largest absolute Gasteiger partial charge is 0.462 e. The number of nitrogens with zero attached hydrogens (tertiary/aromatic N) is 1. The van der Waals surface area contributed by atoms with Gasteiger partial charge in [-0.05, 0) is 19.9 Å². The first-order valence-electron chi connectivity index (χ1n) is 6.91. The van der Waals surface area contributed by atoms with Crippen LogP contribution in [0.5, 0.6) is 0 Å². The molecule has 7 heteroatoms. The maximum Gasteiger partial charge on any atom is 0.380 e. The molecule has 1 aromatic rings. The molecule has 0 saturated carbocycles. The Morgan fingerprint density at radius 1 is 1.27 bits per heavy atom. The molecular formula is C15H17N2O5+. The molecule has 116 valence electrons. The Kier molecular flexibility index (Phi) is 4.55. The summed E-state index contributed by atoms with van der Waals surface area (Å²) in [5.74, 6) is -1.93. The van der Waals surface area contributed by atoms with Crippen LogP contribution in [-0.4, -0.2) is 30.9 Å². The predicted octanol–water partition coefficient (Wildman–Crippen LogP) is 0.346. The van der Waals surface area contributed by atoms with E-state index in [0.29, 0.717) is 0 Å². The van der Waals surface area contributed by atoms with Gasteiger partial charge >= 0.3 is 11.9 Å². The Bertz CT molecular complexity index is 666. The predicted molar refractivity (Wildman–Crippen MR) is 75.8 cm³/mol. The molecule has 0 radical (unpaired) electrons. The summed E-state index contributed by atoms with van der Waals surface area (Å²) in [6.07, 6.45) is 2.80.